The van der Waals surface area contributed by atoms with Crippen LogP contribution in [0.2, 0.25) is 0 Å². The lowest BCUT2D eigenvalue weighted by Crippen LogP contribution is -2.00. The van der Waals surface area contributed by atoms with Gasteiger partial charge in [0.1, 0.15) is 6.07 Å². The number of nitriles is 1. The molecule has 0 saturated heterocycles. The summed E-state index contributed by atoms with van der Waals surface area (Å²) in [6, 6.07) is 7.96. The molecule has 0 saturated carbocycles. The minimum Gasteiger partial charge on any atom is -0.381 e. The smallest absolute Gasteiger partial charge is 0.160 e. The van der Waals surface area contributed by atoms with E-state index in [2.05, 4.69) is 34.0 Å². The van der Waals surface area contributed by atoms with Crippen molar-refractivity contribution in [2.24, 2.45) is 0 Å². The molecule has 0 atom stereocenters. The molecule has 6 heteroatoms. The first-order valence-corrected chi connectivity index (χ1v) is 7.12. The lowest BCUT2D eigenvalue weighted by atomic mass is 10.2. The summed E-state index contributed by atoms with van der Waals surface area (Å²) in [5, 5.41) is 13.5. The van der Waals surface area contributed by atoms with Crippen LogP contribution in [0, 0.1) is 11.3 Å². The second-order valence-corrected chi connectivity index (χ2v) is 5.66. The predicted molar refractivity (Wildman–Crippen MR) is 76.8 cm³/mol. The van der Waals surface area contributed by atoms with Gasteiger partial charge in [0.05, 0.1) is 15.7 Å². The number of hydrogen-bond acceptors (Lipinski definition) is 4. The molecule has 0 fully saturated rings. The second-order valence-electron chi connectivity index (χ2n) is 3.50. The molecule has 1 aromatic heterocycles. The SMILES string of the molecule is CCSc1cccc(-n2cc(Br)c(N)n2)c1C#N. The highest BCUT2D eigenvalue weighted by atomic mass is 79.9. The summed E-state index contributed by atoms with van der Waals surface area (Å²) in [7, 11) is 0. The minimum atomic E-state index is 0.410. The molecule has 18 heavy (non-hydrogen) atoms. The van der Waals surface area contributed by atoms with Crippen molar-refractivity contribution in [1.82, 2.24) is 9.78 Å². The first-order valence-electron chi connectivity index (χ1n) is 5.34. The van der Waals surface area contributed by atoms with Gasteiger partial charge in [0, 0.05) is 11.1 Å². The maximum Gasteiger partial charge on any atom is 0.160 e. The van der Waals surface area contributed by atoms with Crippen LogP contribution in [-0.2, 0) is 0 Å². The Hall–Kier alpha value is -1.45. The van der Waals surface area contributed by atoms with Gasteiger partial charge in [0.15, 0.2) is 5.82 Å². The van der Waals surface area contributed by atoms with E-state index >= 15 is 0 Å². The van der Waals surface area contributed by atoms with Crippen molar-refractivity contribution in [3.05, 3.63) is 34.4 Å². The van der Waals surface area contributed by atoms with Crippen LogP contribution in [0.25, 0.3) is 5.69 Å². The molecule has 1 aromatic carbocycles. The fourth-order valence-corrected chi connectivity index (χ4v) is 2.64. The quantitative estimate of drug-likeness (QED) is 0.881. The average Bonchev–Trinajstić information content (AvgIpc) is 2.69. The van der Waals surface area contributed by atoms with E-state index in [9.17, 15) is 5.26 Å². The van der Waals surface area contributed by atoms with E-state index in [1.165, 1.54) is 0 Å². The highest BCUT2D eigenvalue weighted by Gasteiger charge is 2.12. The molecule has 0 aliphatic heterocycles. The molecule has 0 spiro atoms. The third-order valence-electron chi connectivity index (χ3n) is 2.36. The van der Waals surface area contributed by atoms with E-state index < -0.39 is 0 Å². The molecule has 0 unspecified atom stereocenters. The summed E-state index contributed by atoms with van der Waals surface area (Å²) in [6.45, 7) is 2.06. The van der Waals surface area contributed by atoms with E-state index in [4.69, 9.17) is 5.73 Å². The van der Waals surface area contributed by atoms with Gasteiger partial charge >= 0.3 is 0 Å². The van der Waals surface area contributed by atoms with Crippen LogP contribution in [-0.4, -0.2) is 15.5 Å². The Kier molecular flexibility index (Phi) is 3.94. The summed E-state index contributed by atoms with van der Waals surface area (Å²) in [5.74, 6) is 1.33. The van der Waals surface area contributed by atoms with Gasteiger partial charge in [0.25, 0.3) is 0 Å². The van der Waals surface area contributed by atoms with Gasteiger partial charge in [-0.05, 0) is 33.8 Å². The zero-order valence-corrected chi connectivity index (χ0v) is 12.1. The number of nitrogens with two attached hydrogens (primary N) is 1. The van der Waals surface area contributed by atoms with Crippen molar-refractivity contribution in [2.45, 2.75) is 11.8 Å². The molecule has 0 amide bonds. The number of anilines is 1. The number of rotatable bonds is 3. The van der Waals surface area contributed by atoms with E-state index in [1.807, 2.05) is 18.2 Å². The number of nitrogens with zero attached hydrogens (tertiary/aromatic N) is 3. The van der Waals surface area contributed by atoms with Gasteiger partial charge in [-0.25, -0.2) is 4.68 Å². The third-order valence-corrected chi connectivity index (χ3v) is 3.91. The van der Waals surface area contributed by atoms with E-state index in [1.54, 1.807) is 22.6 Å². The van der Waals surface area contributed by atoms with E-state index in [0.717, 1.165) is 20.8 Å². The molecule has 92 valence electrons. The molecular weight excluding hydrogens is 312 g/mol. The van der Waals surface area contributed by atoms with Crippen LogP contribution in [0.4, 0.5) is 5.82 Å². The molecule has 1 heterocycles. The lowest BCUT2D eigenvalue weighted by molar-refractivity contribution is 0.878. The van der Waals surface area contributed by atoms with Crippen LogP contribution >= 0.6 is 27.7 Å². The highest BCUT2D eigenvalue weighted by molar-refractivity contribution is 9.10. The normalized spacial score (nSPS) is 10.3. The van der Waals surface area contributed by atoms with E-state index in [-0.39, 0.29) is 0 Å². The van der Waals surface area contributed by atoms with Crippen LogP contribution in [0.3, 0.4) is 0 Å². The number of halogens is 1. The van der Waals surface area contributed by atoms with Gasteiger partial charge in [0.2, 0.25) is 0 Å². The largest absolute Gasteiger partial charge is 0.381 e. The van der Waals surface area contributed by atoms with Crippen LogP contribution in [0.1, 0.15) is 12.5 Å². The van der Waals surface area contributed by atoms with Crippen molar-refractivity contribution in [2.75, 3.05) is 11.5 Å². The fraction of sp³-hybridized carbons (Fsp3) is 0.167. The Morgan fingerprint density at radius 2 is 2.33 bits per heavy atom. The number of aromatic nitrogens is 2. The van der Waals surface area contributed by atoms with Crippen molar-refractivity contribution in [3.8, 4) is 11.8 Å². The number of thioether (sulfide) groups is 1. The topological polar surface area (TPSA) is 67.6 Å². The summed E-state index contributed by atoms with van der Waals surface area (Å²) in [6.07, 6.45) is 1.76. The molecule has 2 aromatic rings. The molecule has 0 aliphatic rings. The first-order chi connectivity index (χ1) is 8.67. The maximum absolute atomic E-state index is 9.32. The van der Waals surface area contributed by atoms with Crippen molar-refractivity contribution in [1.29, 1.82) is 5.26 Å². The summed E-state index contributed by atoms with van der Waals surface area (Å²) >= 11 is 4.95. The number of nitrogen functional groups attached to an aromatic ring is 1. The Labute approximate surface area is 118 Å². The van der Waals surface area contributed by atoms with Gasteiger partial charge in [-0.2, -0.15) is 5.26 Å². The molecular formula is C12H11BrN4S. The summed E-state index contributed by atoms with van der Waals surface area (Å²) in [5.41, 5.74) is 7.07. The molecule has 0 radical (unpaired) electrons. The minimum absolute atomic E-state index is 0.410. The third kappa shape index (κ3) is 2.37. The van der Waals surface area contributed by atoms with Crippen molar-refractivity contribution >= 4 is 33.5 Å². The van der Waals surface area contributed by atoms with Crippen molar-refractivity contribution in [3.63, 3.8) is 0 Å². The highest BCUT2D eigenvalue weighted by Crippen LogP contribution is 2.28. The van der Waals surface area contributed by atoms with Crippen molar-refractivity contribution < 1.29 is 0 Å². The number of benzene rings is 1. The predicted octanol–water partition coefficient (Wildman–Crippen LogP) is 3.20. The standard InChI is InChI=1S/C12H11BrN4S/c1-2-18-11-5-3-4-10(8(11)6-14)17-7-9(13)12(15)16-17/h3-5,7H,2H2,1H3,(H2,15,16). The molecule has 0 aliphatic carbocycles. The molecule has 4 nitrogen and oxygen atoms in total. The van der Waals surface area contributed by atoms with E-state index in [0.29, 0.717) is 11.4 Å². The Morgan fingerprint density at radius 1 is 1.56 bits per heavy atom. The monoisotopic (exact) mass is 322 g/mol. The van der Waals surface area contributed by atoms with Crippen LogP contribution in [0.5, 0.6) is 0 Å². The maximum atomic E-state index is 9.32. The summed E-state index contributed by atoms with van der Waals surface area (Å²) in [4.78, 5) is 0.961. The summed E-state index contributed by atoms with van der Waals surface area (Å²) < 4.78 is 2.34. The van der Waals surface area contributed by atoms with Crippen LogP contribution in [0.15, 0.2) is 33.8 Å². The Balaban J connectivity index is 2.57. The Morgan fingerprint density at radius 3 is 2.89 bits per heavy atom. The fourth-order valence-electron chi connectivity index (χ4n) is 1.59. The Bertz CT molecular complexity index is 596. The first kappa shape index (κ1) is 13.0. The van der Waals surface area contributed by atoms with Crippen LogP contribution < -0.4 is 5.73 Å². The molecule has 0 bridgehead atoms. The van der Waals surface area contributed by atoms with Gasteiger partial charge in [-0.1, -0.05) is 13.0 Å². The van der Waals surface area contributed by atoms with Gasteiger partial charge in [-0.3, -0.25) is 0 Å². The lowest BCUT2D eigenvalue weighted by Gasteiger charge is -2.07. The van der Waals surface area contributed by atoms with Gasteiger partial charge < -0.3 is 5.73 Å². The number of hydrogen-bond donors (Lipinski definition) is 1. The molecule has 2 rings (SSSR count). The second kappa shape index (κ2) is 5.46. The average molecular weight is 323 g/mol. The van der Waals surface area contributed by atoms with Gasteiger partial charge in [-0.15, -0.1) is 16.9 Å². The zero-order valence-electron chi connectivity index (χ0n) is 9.72. The molecule has 2 N–H and O–H groups in total. The zero-order chi connectivity index (χ0) is 13.1.